The van der Waals surface area contributed by atoms with E-state index in [1.165, 1.54) is 0 Å². The van der Waals surface area contributed by atoms with Gasteiger partial charge in [0.1, 0.15) is 11.6 Å². The molecule has 0 atom stereocenters. The van der Waals surface area contributed by atoms with E-state index in [4.69, 9.17) is 4.74 Å². The predicted octanol–water partition coefficient (Wildman–Crippen LogP) is 8.82. The van der Waals surface area contributed by atoms with Gasteiger partial charge in [-0.05, 0) is 61.4 Å². The molecule has 0 amide bonds. The summed E-state index contributed by atoms with van der Waals surface area (Å²) < 4.78 is 119. The van der Waals surface area contributed by atoms with Gasteiger partial charge in [-0.3, -0.25) is 0 Å². The first-order chi connectivity index (χ1) is 17.0. The highest BCUT2D eigenvalue weighted by molar-refractivity contribution is 5.72. The Morgan fingerprint density at radius 3 is 1.83 bits per heavy atom. The summed E-state index contributed by atoms with van der Waals surface area (Å²) in [5.41, 5.74) is -2.06. The predicted molar refractivity (Wildman–Crippen MR) is 118 cm³/mol. The first-order valence-electron chi connectivity index (χ1n) is 11.1. The van der Waals surface area contributed by atoms with Crippen molar-refractivity contribution in [2.24, 2.45) is 11.8 Å². The molecule has 9 heteroatoms. The summed E-state index contributed by atoms with van der Waals surface area (Å²) in [6.45, 7) is 3.67. The first-order valence-corrected chi connectivity index (χ1v) is 11.1. The molecule has 3 aromatic rings. The second-order valence-electron chi connectivity index (χ2n) is 8.70. The normalized spacial score (nSPS) is 18.2. The lowest BCUT2D eigenvalue weighted by Crippen LogP contribution is -2.37. The van der Waals surface area contributed by atoms with Gasteiger partial charge in [0.25, 0.3) is 0 Å². The highest BCUT2D eigenvalue weighted by atomic mass is 19.3. The number of halogens is 8. The lowest BCUT2D eigenvalue weighted by Gasteiger charge is -2.32. The summed E-state index contributed by atoms with van der Waals surface area (Å²) in [6.07, 6.45) is -0.324. The summed E-state index contributed by atoms with van der Waals surface area (Å²) in [4.78, 5) is 0. The van der Waals surface area contributed by atoms with E-state index in [1.807, 2.05) is 0 Å². The van der Waals surface area contributed by atoms with Crippen LogP contribution in [0.3, 0.4) is 0 Å². The van der Waals surface area contributed by atoms with Crippen molar-refractivity contribution in [3.8, 4) is 28.0 Å². The van der Waals surface area contributed by atoms with Crippen LogP contribution in [0.15, 0.2) is 55.1 Å². The van der Waals surface area contributed by atoms with E-state index in [2.05, 4.69) is 6.58 Å². The van der Waals surface area contributed by atoms with Crippen LogP contribution in [0, 0.1) is 46.7 Å². The van der Waals surface area contributed by atoms with Crippen LogP contribution in [0.1, 0.15) is 25.7 Å². The zero-order chi connectivity index (χ0) is 26.2. The molecule has 1 nitrogen and oxygen atoms in total. The Labute approximate surface area is 202 Å². The molecular formula is C27H20F8O. The molecule has 0 unspecified atom stereocenters. The van der Waals surface area contributed by atoms with Gasteiger partial charge in [0.05, 0.1) is 5.92 Å². The molecular weight excluding hydrogens is 492 g/mol. The van der Waals surface area contributed by atoms with Crippen molar-refractivity contribution < 1.29 is 39.9 Å². The van der Waals surface area contributed by atoms with Crippen molar-refractivity contribution >= 4 is 0 Å². The second-order valence-corrected chi connectivity index (χ2v) is 8.70. The number of alkyl halides is 2. The Kier molecular flexibility index (Phi) is 7.11. The highest BCUT2D eigenvalue weighted by Crippen LogP contribution is 2.41. The fraction of sp³-hybridized carbons (Fsp3) is 0.259. The van der Waals surface area contributed by atoms with Gasteiger partial charge < -0.3 is 4.74 Å². The van der Waals surface area contributed by atoms with Gasteiger partial charge in [-0.1, -0.05) is 18.2 Å². The third-order valence-corrected chi connectivity index (χ3v) is 6.44. The van der Waals surface area contributed by atoms with Crippen molar-refractivity contribution in [3.05, 3.63) is 90.0 Å². The van der Waals surface area contributed by atoms with E-state index in [1.54, 1.807) is 6.08 Å². The summed E-state index contributed by atoms with van der Waals surface area (Å²) in [5.74, 6) is -10.6. The Balaban J connectivity index is 1.58. The largest absolute Gasteiger partial charge is 0.432 e. The molecule has 0 aromatic heterocycles. The van der Waals surface area contributed by atoms with E-state index in [-0.39, 0.29) is 18.8 Å². The zero-order valence-electron chi connectivity index (χ0n) is 18.7. The van der Waals surface area contributed by atoms with E-state index < -0.39 is 74.9 Å². The van der Waals surface area contributed by atoms with Crippen molar-refractivity contribution in [3.63, 3.8) is 0 Å². The number of benzene rings is 3. The van der Waals surface area contributed by atoms with Crippen LogP contribution in [0.5, 0.6) is 5.75 Å². The second kappa shape index (κ2) is 9.95. The minimum atomic E-state index is -3.56. The molecule has 0 spiro atoms. The fourth-order valence-corrected chi connectivity index (χ4v) is 4.40. The quantitative estimate of drug-likeness (QED) is 0.182. The van der Waals surface area contributed by atoms with Crippen LogP contribution in [0.2, 0.25) is 0 Å². The highest BCUT2D eigenvalue weighted by Gasteiger charge is 2.43. The summed E-state index contributed by atoms with van der Waals surface area (Å²) >= 11 is 0. The minimum absolute atomic E-state index is 0.163. The maximum atomic E-state index is 14.8. The van der Waals surface area contributed by atoms with Crippen LogP contribution < -0.4 is 4.74 Å². The van der Waals surface area contributed by atoms with Crippen LogP contribution in [0.4, 0.5) is 35.1 Å². The van der Waals surface area contributed by atoms with Gasteiger partial charge in [-0.15, -0.1) is 6.58 Å². The SMILES string of the molecule is C=CC1CCC(C(F)(F)Oc2ccc(-c3ccc(-c4cc(F)c(F)c(F)c4)c(F)c3F)c(F)c2)CC1. The van der Waals surface area contributed by atoms with Gasteiger partial charge >= 0.3 is 6.11 Å². The van der Waals surface area contributed by atoms with Gasteiger partial charge in [-0.2, -0.15) is 8.78 Å². The molecule has 1 saturated carbocycles. The Morgan fingerprint density at radius 2 is 1.25 bits per heavy atom. The van der Waals surface area contributed by atoms with Gasteiger partial charge in [0.15, 0.2) is 29.1 Å². The molecule has 3 aromatic carbocycles. The van der Waals surface area contributed by atoms with Crippen LogP contribution in [-0.4, -0.2) is 6.11 Å². The average Bonchev–Trinajstić information content (AvgIpc) is 2.84. The summed E-state index contributed by atoms with van der Waals surface area (Å²) in [6, 6.07) is 5.51. The van der Waals surface area contributed by atoms with Crippen molar-refractivity contribution in [2.75, 3.05) is 0 Å². The lowest BCUT2D eigenvalue weighted by atomic mass is 9.81. The van der Waals surface area contributed by atoms with Gasteiger partial charge in [0.2, 0.25) is 0 Å². The zero-order valence-corrected chi connectivity index (χ0v) is 18.7. The molecule has 190 valence electrons. The number of allylic oxidation sites excluding steroid dienone is 1. The Bertz CT molecular complexity index is 1270. The van der Waals surface area contributed by atoms with Crippen LogP contribution in [-0.2, 0) is 0 Å². The third kappa shape index (κ3) is 4.96. The van der Waals surface area contributed by atoms with Crippen LogP contribution >= 0.6 is 0 Å². The standard InChI is InChI=1S/C27H20F8O/c1-2-14-3-5-16(6-4-14)27(34,35)36-17-7-8-19(21(28)13-17)20-10-9-18(24(31)25(20)32)15-11-22(29)26(33)23(30)12-15/h2,7-14,16H,1,3-6H2. The van der Waals surface area contributed by atoms with Crippen molar-refractivity contribution in [1.29, 1.82) is 0 Å². The molecule has 1 aliphatic carbocycles. The van der Waals surface area contributed by atoms with E-state index in [0.717, 1.165) is 24.3 Å². The number of ether oxygens (including phenoxy) is 1. The molecule has 4 rings (SSSR count). The number of hydrogen-bond donors (Lipinski definition) is 0. The molecule has 36 heavy (non-hydrogen) atoms. The lowest BCUT2D eigenvalue weighted by molar-refractivity contribution is -0.223. The summed E-state index contributed by atoms with van der Waals surface area (Å²) in [7, 11) is 0. The number of hydrogen-bond acceptors (Lipinski definition) is 1. The maximum absolute atomic E-state index is 14.8. The maximum Gasteiger partial charge on any atom is 0.400 e. The molecule has 0 radical (unpaired) electrons. The van der Waals surface area contributed by atoms with Gasteiger partial charge in [-0.25, -0.2) is 26.3 Å². The number of rotatable bonds is 6. The molecule has 1 aliphatic rings. The van der Waals surface area contributed by atoms with Crippen LogP contribution in [0.25, 0.3) is 22.3 Å². The van der Waals surface area contributed by atoms with E-state index in [9.17, 15) is 35.1 Å². The molecule has 0 saturated heterocycles. The van der Waals surface area contributed by atoms with E-state index in [0.29, 0.717) is 31.0 Å². The third-order valence-electron chi connectivity index (χ3n) is 6.44. The van der Waals surface area contributed by atoms with Crippen molar-refractivity contribution in [2.45, 2.75) is 31.8 Å². The van der Waals surface area contributed by atoms with Gasteiger partial charge in [0, 0.05) is 22.8 Å². The molecule has 0 bridgehead atoms. The Morgan fingerprint density at radius 1 is 0.694 bits per heavy atom. The monoisotopic (exact) mass is 512 g/mol. The fourth-order valence-electron chi connectivity index (χ4n) is 4.40. The molecule has 0 aliphatic heterocycles. The molecule has 0 N–H and O–H groups in total. The van der Waals surface area contributed by atoms with Crippen molar-refractivity contribution in [1.82, 2.24) is 0 Å². The van der Waals surface area contributed by atoms with E-state index >= 15 is 0 Å². The molecule has 1 fully saturated rings. The molecule has 0 heterocycles. The summed E-state index contributed by atoms with van der Waals surface area (Å²) in [5, 5.41) is 0. The average molecular weight is 512 g/mol. The smallest absolute Gasteiger partial charge is 0.400 e. The Hall–Kier alpha value is -3.36. The first kappa shape index (κ1) is 25.7. The minimum Gasteiger partial charge on any atom is -0.432 e. The topological polar surface area (TPSA) is 9.23 Å².